The fourth-order valence-electron chi connectivity index (χ4n) is 1.83. The van der Waals surface area contributed by atoms with Crippen LogP contribution < -0.4 is 5.32 Å². The molecule has 0 aromatic carbocycles. The predicted molar refractivity (Wildman–Crippen MR) is 58.4 cm³/mol. The van der Waals surface area contributed by atoms with Crippen molar-refractivity contribution in [2.45, 2.75) is 32.5 Å². The summed E-state index contributed by atoms with van der Waals surface area (Å²) < 4.78 is 2.14. The van der Waals surface area contributed by atoms with E-state index < -0.39 is 0 Å². The van der Waals surface area contributed by atoms with Gasteiger partial charge in [-0.25, -0.2) is 0 Å². The molecule has 5 heteroatoms. The highest BCUT2D eigenvalue weighted by Crippen LogP contribution is 2.09. The Hall–Kier alpha value is -0.940. The molecule has 15 heavy (non-hydrogen) atoms. The van der Waals surface area contributed by atoms with E-state index in [9.17, 15) is 0 Å². The van der Waals surface area contributed by atoms with Crippen molar-refractivity contribution in [2.24, 2.45) is 0 Å². The van der Waals surface area contributed by atoms with Gasteiger partial charge in [-0.3, -0.25) is 4.90 Å². The number of nitrogens with zero attached hydrogens (tertiary/aromatic N) is 4. The summed E-state index contributed by atoms with van der Waals surface area (Å²) in [6, 6.07) is 0.588. The lowest BCUT2D eigenvalue weighted by molar-refractivity contribution is 0.208. The van der Waals surface area contributed by atoms with Gasteiger partial charge >= 0.3 is 0 Å². The molecule has 2 rings (SSSR count). The van der Waals surface area contributed by atoms with Crippen LogP contribution in [-0.2, 0) is 13.1 Å². The zero-order valence-electron chi connectivity index (χ0n) is 9.48. The summed E-state index contributed by atoms with van der Waals surface area (Å²) in [6.45, 7) is 6.43. The summed E-state index contributed by atoms with van der Waals surface area (Å²) in [5, 5.41) is 11.3. The number of aromatic nitrogens is 3. The average Bonchev–Trinajstić information content (AvgIpc) is 2.72. The topological polar surface area (TPSA) is 46.0 Å². The van der Waals surface area contributed by atoms with Crippen molar-refractivity contribution >= 4 is 0 Å². The van der Waals surface area contributed by atoms with E-state index >= 15 is 0 Å². The lowest BCUT2D eigenvalue weighted by Gasteiger charge is -2.27. The molecule has 1 unspecified atom stereocenters. The van der Waals surface area contributed by atoms with Crippen LogP contribution in [0, 0.1) is 0 Å². The first-order valence-electron chi connectivity index (χ1n) is 5.56. The van der Waals surface area contributed by atoms with Crippen molar-refractivity contribution < 1.29 is 0 Å². The molecule has 0 saturated heterocycles. The Bertz CT molecular complexity index is 309. The normalized spacial score (nSPS) is 18.8. The van der Waals surface area contributed by atoms with E-state index in [2.05, 4.69) is 31.9 Å². The zero-order valence-corrected chi connectivity index (χ0v) is 9.48. The number of hydrogen-bond donors (Lipinski definition) is 1. The molecule has 1 aliphatic heterocycles. The molecule has 1 aromatic rings. The molecule has 0 aliphatic carbocycles. The van der Waals surface area contributed by atoms with Crippen molar-refractivity contribution in [1.29, 1.82) is 0 Å². The fraction of sp³-hybridized carbons (Fsp3) is 0.800. The molecule has 0 radical (unpaired) electrons. The highest BCUT2D eigenvalue weighted by molar-refractivity contribution is 4.89. The molecule has 5 nitrogen and oxygen atoms in total. The van der Waals surface area contributed by atoms with Gasteiger partial charge in [-0.2, -0.15) is 0 Å². The molecule has 0 amide bonds. The second-order valence-corrected chi connectivity index (χ2v) is 4.20. The standard InChI is InChI=1S/C10H19N5/c1-9(11-2)3-4-14-5-6-15-8-12-13-10(15)7-14/h8-9,11H,3-7H2,1-2H3. The molecule has 0 bridgehead atoms. The van der Waals surface area contributed by atoms with Crippen molar-refractivity contribution in [3.8, 4) is 0 Å². The average molecular weight is 209 g/mol. The minimum Gasteiger partial charge on any atom is -0.317 e. The van der Waals surface area contributed by atoms with Gasteiger partial charge in [-0.1, -0.05) is 0 Å². The molecule has 84 valence electrons. The van der Waals surface area contributed by atoms with E-state index in [1.165, 1.54) is 6.42 Å². The van der Waals surface area contributed by atoms with Gasteiger partial charge in [0.15, 0.2) is 0 Å². The Morgan fingerprint density at radius 3 is 3.20 bits per heavy atom. The van der Waals surface area contributed by atoms with Gasteiger partial charge in [0.05, 0.1) is 6.54 Å². The number of fused-ring (bicyclic) bond motifs is 1. The van der Waals surface area contributed by atoms with Gasteiger partial charge in [-0.15, -0.1) is 10.2 Å². The van der Waals surface area contributed by atoms with Crippen molar-refractivity contribution in [2.75, 3.05) is 20.1 Å². The van der Waals surface area contributed by atoms with E-state index in [4.69, 9.17) is 0 Å². The highest BCUT2D eigenvalue weighted by Gasteiger charge is 2.17. The number of hydrogen-bond acceptors (Lipinski definition) is 4. The Kier molecular flexibility index (Phi) is 3.33. The van der Waals surface area contributed by atoms with Gasteiger partial charge in [0, 0.05) is 25.7 Å². The Morgan fingerprint density at radius 1 is 1.53 bits per heavy atom. The first-order chi connectivity index (χ1) is 7.29. The van der Waals surface area contributed by atoms with E-state index in [-0.39, 0.29) is 0 Å². The SMILES string of the molecule is CNC(C)CCN1CCn2cnnc2C1. The van der Waals surface area contributed by atoms with Crippen LogP contribution in [0.2, 0.25) is 0 Å². The Morgan fingerprint density at radius 2 is 2.40 bits per heavy atom. The summed E-state index contributed by atoms with van der Waals surface area (Å²) in [4.78, 5) is 2.44. The summed E-state index contributed by atoms with van der Waals surface area (Å²) >= 11 is 0. The highest BCUT2D eigenvalue weighted by atomic mass is 15.3. The molecule has 1 atom stereocenters. The summed E-state index contributed by atoms with van der Waals surface area (Å²) in [5.41, 5.74) is 0. The first kappa shape index (κ1) is 10.6. The predicted octanol–water partition coefficient (Wildman–Crippen LogP) is 0.0917. The number of rotatable bonds is 4. The summed E-state index contributed by atoms with van der Waals surface area (Å²) in [6.07, 6.45) is 3.01. The molecule has 1 aromatic heterocycles. The van der Waals surface area contributed by atoms with Crippen LogP contribution in [0.25, 0.3) is 0 Å². The van der Waals surface area contributed by atoms with Gasteiger partial charge in [0.25, 0.3) is 0 Å². The van der Waals surface area contributed by atoms with Gasteiger partial charge in [-0.05, 0) is 20.4 Å². The maximum atomic E-state index is 4.11. The number of nitrogens with one attached hydrogen (secondary N) is 1. The largest absolute Gasteiger partial charge is 0.317 e. The third kappa shape index (κ3) is 2.54. The van der Waals surface area contributed by atoms with E-state index in [0.717, 1.165) is 32.0 Å². The maximum absolute atomic E-state index is 4.11. The second-order valence-electron chi connectivity index (χ2n) is 4.20. The molecular formula is C10H19N5. The van der Waals surface area contributed by atoms with Crippen molar-refractivity contribution in [3.63, 3.8) is 0 Å². The quantitative estimate of drug-likeness (QED) is 0.763. The van der Waals surface area contributed by atoms with Crippen molar-refractivity contribution in [1.82, 2.24) is 25.0 Å². The van der Waals surface area contributed by atoms with E-state index in [0.29, 0.717) is 6.04 Å². The summed E-state index contributed by atoms with van der Waals surface area (Å²) in [7, 11) is 2.01. The molecule has 0 fully saturated rings. The van der Waals surface area contributed by atoms with Crippen LogP contribution in [0.4, 0.5) is 0 Å². The Balaban J connectivity index is 1.82. The lowest BCUT2D eigenvalue weighted by Crippen LogP contribution is -2.36. The zero-order chi connectivity index (χ0) is 10.7. The van der Waals surface area contributed by atoms with Crippen molar-refractivity contribution in [3.05, 3.63) is 12.2 Å². The van der Waals surface area contributed by atoms with Gasteiger partial charge < -0.3 is 9.88 Å². The van der Waals surface area contributed by atoms with Crippen LogP contribution >= 0.6 is 0 Å². The van der Waals surface area contributed by atoms with Crippen LogP contribution in [0.1, 0.15) is 19.2 Å². The first-order valence-corrected chi connectivity index (χ1v) is 5.56. The third-order valence-electron chi connectivity index (χ3n) is 3.09. The molecule has 0 spiro atoms. The third-order valence-corrected chi connectivity index (χ3v) is 3.09. The van der Waals surface area contributed by atoms with Crippen LogP contribution in [0.5, 0.6) is 0 Å². The monoisotopic (exact) mass is 209 g/mol. The van der Waals surface area contributed by atoms with Crippen LogP contribution in [-0.4, -0.2) is 45.8 Å². The van der Waals surface area contributed by atoms with Gasteiger partial charge in [0.1, 0.15) is 12.2 Å². The Labute approximate surface area is 90.5 Å². The minimum atomic E-state index is 0.588. The molecule has 2 heterocycles. The maximum Gasteiger partial charge on any atom is 0.147 e. The molecule has 1 aliphatic rings. The smallest absolute Gasteiger partial charge is 0.147 e. The van der Waals surface area contributed by atoms with Gasteiger partial charge in [0.2, 0.25) is 0 Å². The molecule has 0 saturated carbocycles. The minimum absolute atomic E-state index is 0.588. The van der Waals surface area contributed by atoms with Crippen LogP contribution in [0.15, 0.2) is 6.33 Å². The van der Waals surface area contributed by atoms with E-state index in [1.54, 1.807) is 0 Å². The van der Waals surface area contributed by atoms with E-state index in [1.807, 2.05) is 13.4 Å². The second kappa shape index (κ2) is 4.72. The molecular weight excluding hydrogens is 190 g/mol. The fourth-order valence-corrected chi connectivity index (χ4v) is 1.83. The molecule has 1 N–H and O–H groups in total. The lowest BCUT2D eigenvalue weighted by atomic mass is 10.2. The summed E-state index contributed by atoms with van der Waals surface area (Å²) in [5.74, 6) is 1.10. The van der Waals surface area contributed by atoms with Crippen LogP contribution in [0.3, 0.4) is 0 Å².